The standard InChI is InChI=1S/C61H56BN3S/c1-41-36-55-57-58-56(41)60(5)34-16-17-35-61(60,6)65(58)54-37-42(59(2,3)4)30-32-52(54)62(57)51-33-31-46-40-53(51)64(55)45-23-19-29-50(39-45)66(47-24-12-8-13-25-47,48-26-14-9-15-27-48)49-28-18-22-44(38-49)63(46)43-20-10-7-11-21-43/h7-15,18-33,36-40H,16-17,34-35H2,1-6H3. The molecule has 8 aromatic carbocycles. The minimum atomic E-state index is -2.02. The van der Waals surface area contributed by atoms with Crippen molar-refractivity contribution in [2.45, 2.75) is 103 Å². The molecule has 1 aliphatic carbocycles. The summed E-state index contributed by atoms with van der Waals surface area (Å²) in [5, 5.41) is 0. The number of hydrogen-bond acceptors (Lipinski definition) is 3. The van der Waals surface area contributed by atoms with E-state index in [9.17, 15) is 0 Å². The van der Waals surface area contributed by atoms with Gasteiger partial charge in [-0.25, -0.2) is 0 Å². The highest BCUT2D eigenvalue weighted by molar-refractivity contribution is 8.34. The van der Waals surface area contributed by atoms with E-state index in [2.05, 4.69) is 238 Å². The van der Waals surface area contributed by atoms with Crippen molar-refractivity contribution in [2.24, 2.45) is 0 Å². The van der Waals surface area contributed by atoms with Crippen LogP contribution < -0.4 is 31.1 Å². The van der Waals surface area contributed by atoms with Gasteiger partial charge in [0.2, 0.25) is 0 Å². The van der Waals surface area contributed by atoms with Crippen molar-refractivity contribution < 1.29 is 0 Å². The summed E-state index contributed by atoms with van der Waals surface area (Å²) in [5.74, 6) is 0. The number of anilines is 8. The third kappa shape index (κ3) is 5.24. The SMILES string of the molecule is Cc1cc2c3c4c1C1(C)CCCCC1(C)N4c1cc(C(C)(C)C)ccc1B3c1ccc3cc1N2c1cccc(c1)S(c1ccccc1)(c1ccccc1)c1cccc(c1)N3c1ccccc1. The lowest BCUT2D eigenvalue weighted by molar-refractivity contribution is 0.194. The van der Waals surface area contributed by atoms with Gasteiger partial charge in [-0.3, -0.25) is 0 Å². The molecule has 0 radical (unpaired) electrons. The normalized spacial score (nSPS) is 20.9. The molecule has 8 aromatic rings. The van der Waals surface area contributed by atoms with Crippen molar-refractivity contribution >= 4 is 78.6 Å². The Morgan fingerprint density at radius 1 is 0.500 bits per heavy atom. The maximum Gasteiger partial charge on any atom is 0.252 e. The molecule has 0 aromatic heterocycles. The first-order chi connectivity index (χ1) is 32.0. The molecular weight excluding hydrogens is 818 g/mol. The van der Waals surface area contributed by atoms with E-state index in [0.717, 1.165) is 17.1 Å². The molecule has 324 valence electrons. The van der Waals surface area contributed by atoms with E-state index in [-0.39, 0.29) is 23.1 Å². The average Bonchev–Trinajstić information content (AvgIpc) is 3.56. The highest BCUT2D eigenvalue weighted by Gasteiger charge is 2.62. The summed E-state index contributed by atoms with van der Waals surface area (Å²) < 4.78 is 0. The number of fused-ring (bicyclic) bond motifs is 14. The monoisotopic (exact) mass is 873 g/mol. The van der Waals surface area contributed by atoms with Crippen molar-refractivity contribution in [3.63, 3.8) is 0 Å². The van der Waals surface area contributed by atoms with Gasteiger partial charge in [0.1, 0.15) is 0 Å². The lowest BCUT2D eigenvalue weighted by Gasteiger charge is -2.52. The molecule has 5 aliphatic rings. The van der Waals surface area contributed by atoms with E-state index in [4.69, 9.17) is 0 Å². The first kappa shape index (κ1) is 39.9. The molecule has 3 nitrogen and oxygen atoms in total. The summed E-state index contributed by atoms with van der Waals surface area (Å²) in [4.78, 5) is 13.3. The lowest BCUT2D eigenvalue weighted by Crippen LogP contribution is -2.64. The second kappa shape index (κ2) is 14.0. The van der Waals surface area contributed by atoms with E-state index in [1.807, 2.05) is 0 Å². The van der Waals surface area contributed by atoms with Gasteiger partial charge in [-0.1, -0.05) is 125 Å². The van der Waals surface area contributed by atoms with E-state index >= 15 is 0 Å². The molecule has 1 fully saturated rings. The largest absolute Gasteiger partial charge is 0.335 e. The van der Waals surface area contributed by atoms with E-state index in [1.54, 1.807) is 5.56 Å². The maximum absolute atomic E-state index is 2.89. The molecule has 1 saturated carbocycles. The highest BCUT2D eigenvalue weighted by Crippen LogP contribution is 2.74. The summed E-state index contributed by atoms with van der Waals surface area (Å²) in [5.41, 5.74) is 18.7. The summed E-state index contributed by atoms with van der Waals surface area (Å²) in [7, 11) is -2.02. The molecule has 4 aliphatic heterocycles. The quantitative estimate of drug-likeness (QED) is 0.164. The van der Waals surface area contributed by atoms with Gasteiger partial charge < -0.3 is 14.7 Å². The fourth-order valence-corrected chi connectivity index (χ4v) is 17.2. The van der Waals surface area contributed by atoms with Gasteiger partial charge in [-0.2, -0.15) is 0 Å². The van der Waals surface area contributed by atoms with Crippen LogP contribution in [0.3, 0.4) is 0 Å². The first-order valence-electron chi connectivity index (χ1n) is 24.1. The van der Waals surface area contributed by atoms with Crippen LogP contribution in [0.5, 0.6) is 0 Å². The molecule has 0 amide bonds. The number of benzene rings is 8. The van der Waals surface area contributed by atoms with Crippen molar-refractivity contribution in [1.29, 1.82) is 0 Å². The third-order valence-corrected chi connectivity index (χ3v) is 20.3. The summed E-state index contributed by atoms with van der Waals surface area (Å²) in [6.45, 7) is 14.8. The number of rotatable bonds is 3. The highest BCUT2D eigenvalue weighted by atomic mass is 32.3. The Morgan fingerprint density at radius 2 is 1.05 bits per heavy atom. The Morgan fingerprint density at radius 3 is 1.70 bits per heavy atom. The van der Waals surface area contributed by atoms with Gasteiger partial charge in [-0.05, 0) is 162 Å². The smallest absolute Gasteiger partial charge is 0.252 e. The lowest BCUT2D eigenvalue weighted by atomic mass is 9.33. The second-order valence-corrected chi connectivity index (χ2v) is 24.0. The first-order valence-corrected chi connectivity index (χ1v) is 25.7. The minimum absolute atomic E-state index is 0.0206. The van der Waals surface area contributed by atoms with Crippen LogP contribution >= 0.6 is 10.0 Å². The number of aryl methyl sites for hydroxylation is 1. The number of nitrogens with zero attached hydrogens (tertiary/aromatic N) is 3. The van der Waals surface area contributed by atoms with Crippen LogP contribution in [0.2, 0.25) is 0 Å². The van der Waals surface area contributed by atoms with Crippen LogP contribution in [0.1, 0.15) is 77.0 Å². The minimum Gasteiger partial charge on any atom is -0.335 e. The Labute approximate surface area is 393 Å². The van der Waals surface area contributed by atoms with Gasteiger partial charge in [0.15, 0.2) is 0 Å². The zero-order chi connectivity index (χ0) is 44.7. The molecule has 5 heteroatoms. The summed E-state index contributed by atoms with van der Waals surface area (Å²) in [6.07, 6.45) is 4.91. The maximum atomic E-state index is 2.89. The molecule has 2 atom stereocenters. The topological polar surface area (TPSA) is 9.72 Å². The van der Waals surface area contributed by atoms with E-state index in [1.165, 1.54) is 101 Å². The Balaban J connectivity index is 1.18. The molecule has 13 rings (SSSR count). The Bertz CT molecular complexity index is 3230. The van der Waals surface area contributed by atoms with Crippen molar-refractivity contribution in [3.05, 3.63) is 199 Å². The molecule has 6 bridgehead atoms. The molecule has 0 saturated heterocycles. The van der Waals surface area contributed by atoms with E-state index < -0.39 is 10.0 Å². The summed E-state index contributed by atoms with van der Waals surface area (Å²) in [6, 6.07) is 70.3. The number of para-hydroxylation sites is 1. The molecule has 0 spiro atoms. The van der Waals surface area contributed by atoms with Crippen LogP contribution in [0, 0.1) is 6.92 Å². The molecule has 2 unspecified atom stereocenters. The van der Waals surface area contributed by atoms with Crippen molar-refractivity contribution in [1.82, 2.24) is 0 Å². The zero-order valence-corrected chi connectivity index (χ0v) is 39.8. The summed E-state index contributed by atoms with van der Waals surface area (Å²) >= 11 is 0. The fourth-order valence-electron chi connectivity index (χ4n) is 13.2. The average molecular weight is 874 g/mol. The van der Waals surface area contributed by atoms with Crippen LogP contribution in [0.4, 0.5) is 45.5 Å². The van der Waals surface area contributed by atoms with Gasteiger partial charge in [0.05, 0.1) is 5.54 Å². The molecule has 66 heavy (non-hydrogen) atoms. The van der Waals surface area contributed by atoms with Crippen LogP contribution in [0.15, 0.2) is 202 Å². The zero-order valence-electron chi connectivity index (χ0n) is 39.0. The predicted octanol–water partition coefficient (Wildman–Crippen LogP) is 14.8. The Kier molecular flexibility index (Phi) is 8.49. The third-order valence-electron chi connectivity index (χ3n) is 16.4. The number of hydrogen-bond donors (Lipinski definition) is 0. The van der Waals surface area contributed by atoms with E-state index in [0.29, 0.717) is 0 Å². The van der Waals surface area contributed by atoms with Crippen LogP contribution in [-0.4, -0.2) is 12.3 Å². The van der Waals surface area contributed by atoms with Crippen molar-refractivity contribution in [3.8, 4) is 0 Å². The Hall–Kier alpha value is -6.43. The second-order valence-electron chi connectivity index (χ2n) is 20.9. The van der Waals surface area contributed by atoms with Gasteiger partial charge in [0, 0.05) is 70.5 Å². The van der Waals surface area contributed by atoms with Gasteiger partial charge in [-0.15, -0.1) is 10.0 Å². The molecule has 0 N–H and O–H groups in total. The molecular formula is C61H56BN3S. The molecule has 4 heterocycles. The van der Waals surface area contributed by atoms with Gasteiger partial charge in [0.25, 0.3) is 6.71 Å². The van der Waals surface area contributed by atoms with Crippen molar-refractivity contribution in [2.75, 3.05) is 14.7 Å². The predicted molar refractivity (Wildman–Crippen MR) is 280 cm³/mol. The van der Waals surface area contributed by atoms with Crippen LogP contribution in [0.25, 0.3) is 0 Å². The fraction of sp³-hybridized carbons (Fsp3) is 0.213. The van der Waals surface area contributed by atoms with Gasteiger partial charge >= 0.3 is 0 Å². The van der Waals surface area contributed by atoms with Crippen LogP contribution in [-0.2, 0) is 10.8 Å².